The molecule has 0 unspecified atom stereocenters. The summed E-state index contributed by atoms with van der Waals surface area (Å²) in [7, 11) is -4.17. The lowest BCUT2D eigenvalue weighted by atomic mass is 9.87. The van der Waals surface area contributed by atoms with E-state index in [1.165, 1.54) is 0 Å². The van der Waals surface area contributed by atoms with E-state index in [-0.39, 0.29) is 55.7 Å². The Morgan fingerprint density at radius 3 is 2.48 bits per heavy atom. The van der Waals surface area contributed by atoms with E-state index in [0.29, 0.717) is 30.7 Å². The fourth-order valence-electron chi connectivity index (χ4n) is 6.60. The Kier molecular flexibility index (Phi) is 10.8. The first-order valence-corrected chi connectivity index (χ1v) is 18.7. The molecule has 2 aliphatic rings. The van der Waals surface area contributed by atoms with Crippen LogP contribution < -0.4 is 10.5 Å². The number of rotatable bonds is 13. The lowest BCUT2D eigenvalue weighted by molar-refractivity contribution is -0.155. The highest BCUT2D eigenvalue weighted by molar-refractivity contribution is 7.85. The minimum atomic E-state index is -4.17. The Bertz CT molecular complexity index is 2000. The van der Waals surface area contributed by atoms with E-state index in [1.807, 2.05) is 31.2 Å². The average Bonchev–Trinajstić information content (AvgIpc) is 3.43. The maximum Gasteiger partial charge on any atom is 0.349 e. The summed E-state index contributed by atoms with van der Waals surface area (Å²) in [6.45, 7) is 12.5. The Morgan fingerprint density at radius 2 is 1.78 bits per heavy atom. The van der Waals surface area contributed by atoms with Gasteiger partial charge in [0.2, 0.25) is 11.8 Å². The van der Waals surface area contributed by atoms with Crippen LogP contribution in [0.2, 0.25) is 0 Å². The average molecular weight is 710 g/mol. The minimum Gasteiger partial charge on any atom is -0.460 e. The number of ether oxygens (including phenoxy) is 1. The molecule has 2 aromatic heterocycles. The van der Waals surface area contributed by atoms with E-state index in [0.717, 1.165) is 40.7 Å². The third-order valence-electron chi connectivity index (χ3n) is 8.79. The fraction of sp³-hybridized carbons (Fsp3) is 0.514. The fourth-order valence-corrected chi connectivity index (χ4v) is 7.09. The molecule has 1 aliphatic heterocycles. The molecule has 1 aromatic carbocycles. The third kappa shape index (κ3) is 9.11. The highest BCUT2D eigenvalue weighted by Crippen LogP contribution is 2.41. The number of nitrogens with zero attached hydrogens (tertiary/aromatic N) is 3. The van der Waals surface area contributed by atoms with Crippen molar-refractivity contribution in [2.75, 3.05) is 30.3 Å². The van der Waals surface area contributed by atoms with Gasteiger partial charge < -0.3 is 23.4 Å². The zero-order valence-corrected chi connectivity index (χ0v) is 30.5. The van der Waals surface area contributed by atoms with Crippen molar-refractivity contribution < 1.29 is 36.1 Å². The Balaban J connectivity index is 1.31. The normalized spacial score (nSPS) is 15.4. The van der Waals surface area contributed by atoms with Crippen molar-refractivity contribution in [2.24, 2.45) is 0 Å². The number of benzene rings is 1. The first-order valence-electron chi connectivity index (χ1n) is 17.1. The van der Waals surface area contributed by atoms with Gasteiger partial charge in [0.05, 0.1) is 17.0 Å². The molecule has 5 rings (SSSR count). The summed E-state index contributed by atoms with van der Waals surface area (Å²) in [5.74, 6) is -0.103. The summed E-state index contributed by atoms with van der Waals surface area (Å²) in [5.41, 5.74) is 2.86. The van der Waals surface area contributed by atoms with Gasteiger partial charge in [0.15, 0.2) is 5.76 Å². The molecule has 1 aliphatic carbocycles. The topological polar surface area (TPSA) is 160 Å². The first kappa shape index (κ1) is 37.0. The van der Waals surface area contributed by atoms with Crippen molar-refractivity contribution in [3.63, 3.8) is 0 Å². The highest BCUT2D eigenvalue weighted by Gasteiger charge is 2.32. The van der Waals surface area contributed by atoms with Gasteiger partial charge in [-0.1, -0.05) is 12.2 Å². The Labute approximate surface area is 292 Å². The molecule has 13 heteroatoms. The van der Waals surface area contributed by atoms with Gasteiger partial charge in [-0.3, -0.25) is 14.1 Å². The van der Waals surface area contributed by atoms with Crippen LogP contribution >= 0.6 is 0 Å². The molecule has 0 saturated heterocycles. The molecule has 0 spiro atoms. The maximum atomic E-state index is 13.4. The van der Waals surface area contributed by atoms with E-state index < -0.39 is 32.6 Å². The van der Waals surface area contributed by atoms with Gasteiger partial charge in [0.25, 0.3) is 10.1 Å². The minimum absolute atomic E-state index is 0.0724. The second kappa shape index (κ2) is 14.6. The number of carbonyl (C=O) groups excluding carboxylic acids is 2. The van der Waals surface area contributed by atoms with E-state index in [2.05, 4.69) is 29.8 Å². The monoisotopic (exact) mass is 709 g/mol. The van der Waals surface area contributed by atoms with E-state index in [9.17, 15) is 27.4 Å². The van der Waals surface area contributed by atoms with E-state index >= 15 is 0 Å². The van der Waals surface area contributed by atoms with Crippen molar-refractivity contribution >= 4 is 50.3 Å². The van der Waals surface area contributed by atoms with Gasteiger partial charge in [-0.25, -0.2) is 9.78 Å². The number of hydrogen-bond acceptors (Lipinski definition) is 10. The lowest BCUT2D eigenvalue weighted by Gasteiger charge is -2.43. The zero-order chi connectivity index (χ0) is 36.4. The summed E-state index contributed by atoms with van der Waals surface area (Å²) >= 11 is 0. The molecule has 3 aromatic rings. The summed E-state index contributed by atoms with van der Waals surface area (Å²) in [4.78, 5) is 47.1. The zero-order valence-electron chi connectivity index (χ0n) is 29.7. The van der Waals surface area contributed by atoms with E-state index in [1.54, 1.807) is 31.7 Å². The quantitative estimate of drug-likeness (QED) is 0.119. The second-order valence-corrected chi connectivity index (χ2v) is 16.1. The summed E-state index contributed by atoms with van der Waals surface area (Å²) in [5, 5.41) is 0.736. The third-order valence-corrected chi connectivity index (χ3v) is 9.60. The van der Waals surface area contributed by atoms with Crippen molar-refractivity contribution in [3.8, 4) is 11.5 Å². The van der Waals surface area contributed by atoms with Gasteiger partial charge in [0, 0.05) is 55.2 Å². The molecule has 0 atom stereocenters. The largest absolute Gasteiger partial charge is 0.460 e. The van der Waals surface area contributed by atoms with Gasteiger partial charge in [-0.15, -0.1) is 0 Å². The Hall–Kier alpha value is -4.23. The van der Waals surface area contributed by atoms with Crippen LogP contribution in [0, 0.1) is 0 Å². The lowest BCUT2D eigenvalue weighted by Crippen LogP contribution is -2.46. The molecule has 12 nitrogen and oxygen atoms in total. The number of amides is 1. The standard InChI is InChI=1S/C37H47N3O9S/c1-24-23-37(5,6)40(18-9-14-32(41)39(17-11-19-50(44,45)46)16-10-15-33(42)49-36(2,3)4)29-22-31-25(20-26(24)29)21-27(35(43)48-31)34-38-28-12-7-8-13-30(28)47-34/h8,13,20-23H,7,9-12,14-19H2,1-6H3,(H,44,45,46). The van der Waals surface area contributed by atoms with Crippen molar-refractivity contribution in [1.82, 2.24) is 9.88 Å². The molecule has 50 heavy (non-hydrogen) atoms. The SMILES string of the molecule is CC1=CC(C)(C)N(CCCC(=O)N(CCCC(=O)OC(C)(C)C)CCCS(=O)(=O)O)c2cc3oc(=O)c(-c4nc5c(o4)C=CCC5)cc3cc21. The molecular formula is C37H47N3O9S. The molecule has 0 saturated carbocycles. The molecule has 1 N–H and O–H groups in total. The molecule has 0 radical (unpaired) electrons. The van der Waals surface area contributed by atoms with Gasteiger partial charge in [-0.05, 0) is 97.4 Å². The van der Waals surface area contributed by atoms with Gasteiger partial charge in [0.1, 0.15) is 16.7 Å². The predicted molar refractivity (Wildman–Crippen MR) is 192 cm³/mol. The van der Waals surface area contributed by atoms with Crippen molar-refractivity contribution in [2.45, 2.75) is 97.6 Å². The number of fused-ring (bicyclic) bond motifs is 3. The molecule has 0 bridgehead atoms. The molecule has 1 amide bonds. The molecular weight excluding hydrogens is 662 g/mol. The van der Waals surface area contributed by atoms with Crippen LogP contribution in [0.25, 0.3) is 34.1 Å². The maximum absolute atomic E-state index is 13.4. The summed E-state index contributed by atoms with van der Waals surface area (Å²) < 4.78 is 48.9. The number of esters is 1. The number of carbonyl (C=O) groups is 2. The van der Waals surface area contributed by atoms with Crippen LogP contribution in [-0.2, 0) is 30.9 Å². The number of anilines is 1. The number of aromatic nitrogens is 1. The van der Waals surface area contributed by atoms with Gasteiger partial charge in [-0.2, -0.15) is 8.42 Å². The Morgan fingerprint density at radius 1 is 1.06 bits per heavy atom. The highest BCUT2D eigenvalue weighted by atomic mass is 32.2. The van der Waals surface area contributed by atoms with Crippen LogP contribution in [0.15, 0.2) is 44.0 Å². The van der Waals surface area contributed by atoms with Crippen LogP contribution in [0.5, 0.6) is 0 Å². The van der Waals surface area contributed by atoms with Crippen LogP contribution in [0.4, 0.5) is 5.69 Å². The molecule has 0 fully saturated rings. The van der Waals surface area contributed by atoms with Crippen LogP contribution in [-0.4, -0.2) is 71.3 Å². The summed E-state index contributed by atoms with van der Waals surface area (Å²) in [6, 6.07) is 5.64. The number of allylic oxidation sites excluding steroid dienone is 2. The predicted octanol–water partition coefficient (Wildman–Crippen LogP) is 6.42. The van der Waals surface area contributed by atoms with E-state index in [4.69, 9.17) is 13.6 Å². The summed E-state index contributed by atoms with van der Waals surface area (Å²) in [6.07, 6.45) is 8.91. The van der Waals surface area contributed by atoms with Crippen LogP contribution in [0.1, 0.15) is 97.1 Å². The number of aryl methyl sites for hydroxylation is 1. The smallest absolute Gasteiger partial charge is 0.349 e. The van der Waals surface area contributed by atoms with Crippen molar-refractivity contribution in [1.29, 1.82) is 0 Å². The molecule has 270 valence electrons. The number of oxazole rings is 1. The number of hydrogen-bond donors (Lipinski definition) is 1. The first-order chi connectivity index (χ1) is 23.4. The molecule has 3 heterocycles. The van der Waals surface area contributed by atoms with Crippen LogP contribution in [0.3, 0.4) is 0 Å². The van der Waals surface area contributed by atoms with Crippen molar-refractivity contribution in [3.05, 3.63) is 57.8 Å². The second-order valence-electron chi connectivity index (χ2n) is 14.6. The van der Waals surface area contributed by atoms with Gasteiger partial charge >= 0.3 is 11.6 Å².